The highest BCUT2D eigenvalue weighted by atomic mass is 16.5. The molecular weight excluding hydrogens is 1130 g/mol. The van der Waals surface area contributed by atoms with E-state index in [1.54, 1.807) is 28.8 Å². The van der Waals surface area contributed by atoms with Gasteiger partial charge < -0.3 is 46.4 Å². The SMILES string of the molecule is C/C=C\C1C(=NC(=O)CCCCCCCN)C2(CCC(=O)N(C)CCOCCN(C)C(=O)[C@@H]3C[C@H](C)CN3C(=O)c3ccc4c(=O)oc(=O)n(C)c4c3)c3cc(NC(=O)CCCCCCCN)ccc3C1C(C)C(=NC(=O)CCCCCCCN)C2/C=C\C. The molecule has 20 nitrogen and oxygen atoms in total. The summed E-state index contributed by atoms with van der Waals surface area (Å²) in [7, 11) is 4.84. The minimum Gasteiger partial charge on any atom is -0.378 e. The number of nitrogens with two attached hydrogens (primary N) is 3. The number of aryl methyl sites for hydroxylation is 1. The number of nitrogens with zero attached hydrogens (tertiary/aromatic N) is 6. The zero-order valence-electron chi connectivity index (χ0n) is 54.2. The minimum absolute atomic E-state index is 0.0177. The number of benzene rings is 2. The Labute approximate surface area is 526 Å². The van der Waals surface area contributed by atoms with E-state index in [-0.39, 0.29) is 116 Å². The van der Waals surface area contributed by atoms with Gasteiger partial charge in [0.15, 0.2) is 0 Å². The fraction of sp³-hybridized carbons (Fsp3) is 0.623. The molecule has 2 fully saturated rings. The van der Waals surface area contributed by atoms with Gasteiger partial charge in [0.1, 0.15) is 6.04 Å². The van der Waals surface area contributed by atoms with Crippen molar-refractivity contribution in [2.75, 3.05) is 71.9 Å². The molecule has 1 aromatic heterocycles. The van der Waals surface area contributed by atoms with E-state index < -0.39 is 40.6 Å². The van der Waals surface area contributed by atoms with Gasteiger partial charge in [0.05, 0.1) is 24.1 Å². The number of likely N-dealkylation sites (tertiary alicyclic amines) is 1. The Balaban J connectivity index is 1.27. The van der Waals surface area contributed by atoms with Crippen LogP contribution in [0.3, 0.4) is 0 Å². The smallest absolute Gasteiger partial charge is 0.378 e. The average molecular weight is 1230 g/mol. The summed E-state index contributed by atoms with van der Waals surface area (Å²) in [4.78, 5) is 125. The quantitative estimate of drug-likeness (QED) is 0.0316. The molecule has 20 heteroatoms. The number of carbonyl (C=O) groups excluding carboxylic acids is 6. The molecule has 3 aliphatic carbocycles. The lowest BCUT2D eigenvalue weighted by atomic mass is 9.56. The highest BCUT2D eigenvalue weighted by Gasteiger charge is 2.59. The van der Waals surface area contributed by atoms with Crippen molar-refractivity contribution in [2.45, 2.75) is 180 Å². The van der Waals surface area contributed by atoms with Crippen LogP contribution in [-0.4, -0.2) is 139 Å². The molecule has 0 radical (unpaired) electrons. The van der Waals surface area contributed by atoms with Crippen LogP contribution in [0.4, 0.5) is 5.69 Å². The molecule has 7 N–H and O–H groups in total. The van der Waals surface area contributed by atoms with E-state index in [0.717, 1.165) is 94.6 Å². The Morgan fingerprint density at radius 2 is 1.31 bits per heavy atom. The molecule has 5 unspecified atom stereocenters. The van der Waals surface area contributed by atoms with Crippen molar-refractivity contribution < 1.29 is 37.9 Å². The third-order valence-corrected chi connectivity index (χ3v) is 18.3. The normalized spacial score (nSPS) is 21.5. The van der Waals surface area contributed by atoms with Crippen LogP contribution in [0.25, 0.3) is 10.9 Å². The van der Waals surface area contributed by atoms with Gasteiger partial charge >= 0.3 is 11.4 Å². The Morgan fingerprint density at radius 3 is 1.93 bits per heavy atom. The van der Waals surface area contributed by atoms with Crippen LogP contribution < -0.4 is 33.9 Å². The molecule has 7 atom stereocenters. The summed E-state index contributed by atoms with van der Waals surface area (Å²) in [6.07, 6.45) is 23.1. The van der Waals surface area contributed by atoms with Crippen LogP contribution in [0, 0.1) is 23.7 Å². The van der Waals surface area contributed by atoms with E-state index in [1.165, 1.54) is 29.8 Å². The van der Waals surface area contributed by atoms with E-state index in [9.17, 15) is 38.4 Å². The van der Waals surface area contributed by atoms with Gasteiger partial charge in [-0.25, -0.2) is 19.6 Å². The number of rotatable bonds is 35. The number of nitrogens with one attached hydrogen (secondary N) is 1. The number of hydrogen-bond donors (Lipinski definition) is 4. The van der Waals surface area contributed by atoms with E-state index >= 15 is 0 Å². The predicted octanol–water partition coefficient (Wildman–Crippen LogP) is 8.90. The van der Waals surface area contributed by atoms with Crippen molar-refractivity contribution in [3.63, 3.8) is 0 Å². The van der Waals surface area contributed by atoms with Crippen LogP contribution in [0.1, 0.15) is 190 Å². The summed E-state index contributed by atoms with van der Waals surface area (Å²) in [5, 5.41) is 3.36. The molecular formula is C69H102N10O10. The molecule has 4 aliphatic rings. The Hall–Kier alpha value is -6.74. The second-order valence-corrected chi connectivity index (χ2v) is 24.9. The average Bonchev–Trinajstić information content (AvgIpc) is 1.63. The third-order valence-electron chi connectivity index (χ3n) is 18.3. The molecule has 89 heavy (non-hydrogen) atoms. The lowest BCUT2D eigenvalue weighted by molar-refractivity contribution is -0.134. The van der Waals surface area contributed by atoms with Gasteiger partial charge in [-0.1, -0.05) is 102 Å². The first-order valence-corrected chi connectivity index (χ1v) is 32.9. The number of carbonyl (C=O) groups is 6. The highest BCUT2D eigenvalue weighted by Crippen LogP contribution is 2.59. The number of unbranched alkanes of at least 4 members (excludes halogenated alkanes) is 12. The van der Waals surface area contributed by atoms with Crippen LogP contribution in [0.15, 0.2) is 84.7 Å². The van der Waals surface area contributed by atoms with Gasteiger partial charge in [0.2, 0.25) is 29.5 Å². The van der Waals surface area contributed by atoms with Crippen LogP contribution in [0.5, 0.6) is 0 Å². The van der Waals surface area contributed by atoms with Crippen molar-refractivity contribution in [1.29, 1.82) is 0 Å². The lowest BCUT2D eigenvalue weighted by Crippen LogP contribution is -2.50. The summed E-state index contributed by atoms with van der Waals surface area (Å²) in [5.41, 5.74) is 19.5. The van der Waals surface area contributed by atoms with E-state index in [2.05, 4.69) is 30.5 Å². The molecule has 2 aromatic carbocycles. The summed E-state index contributed by atoms with van der Waals surface area (Å²) >= 11 is 0. The number of ether oxygens (including phenoxy) is 1. The van der Waals surface area contributed by atoms with Gasteiger partial charge in [0.25, 0.3) is 5.91 Å². The number of aliphatic imine (C=N–C) groups is 2. The maximum absolute atomic E-state index is 14.8. The number of aromatic nitrogens is 1. The summed E-state index contributed by atoms with van der Waals surface area (Å²) < 4.78 is 12.0. The monoisotopic (exact) mass is 1230 g/mol. The van der Waals surface area contributed by atoms with Crippen LogP contribution in [-0.2, 0) is 41.2 Å². The molecule has 0 spiro atoms. The molecule has 6 amide bonds. The first-order chi connectivity index (χ1) is 42.9. The zero-order valence-corrected chi connectivity index (χ0v) is 54.2. The molecule has 7 rings (SSSR count). The number of fused-ring (bicyclic) bond motifs is 4. The number of anilines is 1. The number of likely N-dealkylation sites (N-methyl/N-ethyl adjacent to an activating group) is 2. The summed E-state index contributed by atoms with van der Waals surface area (Å²) in [5.74, 6) is -3.86. The first kappa shape index (κ1) is 71.3. The zero-order chi connectivity index (χ0) is 64.6. The maximum Gasteiger partial charge on any atom is 0.422 e. The fourth-order valence-electron chi connectivity index (χ4n) is 13.4. The summed E-state index contributed by atoms with van der Waals surface area (Å²) in [6.45, 7) is 11.0. The van der Waals surface area contributed by atoms with Crippen molar-refractivity contribution in [3.05, 3.63) is 98.4 Å². The van der Waals surface area contributed by atoms with Gasteiger partial charge in [0, 0.05) is 118 Å². The molecule has 3 aromatic rings. The van der Waals surface area contributed by atoms with Crippen LogP contribution in [0.2, 0.25) is 0 Å². The Bertz CT molecular complexity index is 3150. The lowest BCUT2D eigenvalue weighted by Gasteiger charge is -2.47. The summed E-state index contributed by atoms with van der Waals surface area (Å²) in [6, 6.07) is 9.72. The van der Waals surface area contributed by atoms with Gasteiger partial charge in [-0.05, 0) is 132 Å². The van der Waals surface area contributed by atoms with Crippen molar-refractivity contribution in [2.24, 2.45) is 57.9 Å². The molecule has 1 saturated carbocycles. The molecule has 2 bridgehead atoms. The van der Waals surface area contributed by atoms with Crippen LogP contribution >= 0.6 is 0 Å². The highest BCUT2D eigenvalue weighted by molar-refractivity contribution is 6.14. The van der Waals surface area contributed by atoms with Gasteiger partial charge in [-0.2, -0.15) is 0 Å². The number of hydrogen-bond acceptors (Lipinski definition) is 13. The van der Waals surface area contributed by atoms with Crippen molar-refractivity contribution in [3.8, 4) is 0 Å². The largest absolute Gasteiger partial charge is 0.422 e. The number of amides is 6. The Kier molecular flexibility index (Phi) is 28.5. The minimum atomic E-state index is -1.19. The second kappa shape index (κ2) is 35.6. The molecule has 2 heterocycles. The second-order valence-electron chi connectivity index (χ2n) is 24.9. The molecule has 488 valence electrons. The molecule has 1 aliphatic heterocycles. The van der Waals surface area contributed by atoms with E-state index in [0.29, 0.717) is 69.0 Å². The third kappa shape index (κ3) is 18.7. The number of allylic oxidation sites excluding steroid dienone is 4. The standard InChI is InChI=1S/C69H102N10O10/c1-8-25-53-62-48(4)63(74-59(81)28-20-14-11-17-23-37-71)54(26-9-2)69(64(53)75-60(82)29-21-15-12-18-24-38-72,55-45-50(31-33-51(55)62)73-58(80)27-19-13-10-16-22-36-70)35-34-61(83)76(5)39-41-88-42-40-77(6)66(85)57-43-47(3)46-79(57)65(84)49-30-32-52-56(44-49)78(7)68(87)89-67(52)86/h8-9,25-26,30-33,44-45,47-48,53-54,57,62H,10-24,27-29,34-43,46,70-72H2,1-7H3,(H,73,80)/b25-8-,26-9-,74-63?,75-64?/t47-,48?,53?,54?,57-,62?,69?/m0/s1. The predicted molar refractivity (Wildman–Crippen MR) is 352 cm³/mol. The Morgan fingerprint density at radius 1 is 0.730 bits per heavy atom. The van der Waals surface area contributed by atoms with E-state index in [4.69, 9.17) is 36.3 Å². The van der Waals surface area contributed by atoms with Crippen molar-refractivity contribution >= 4 is 63.5 Å². The van der Waals surface area contributed by atoms with Gasteiger partial charge in [-0.15, -0.1) is 0 Å². The van der Waals surface area contributed by atoms with Gasteiger partial charge in [-0.3, -0.25) is 33.3 Å². The maximum atomic E-state index is 14.8. The van der Waals surface area contributed by atoms with E-state index in [1.807, 2.05) is 45.1 Å². The first-order valence-electron chi connectivity index (χ1n) is 32.9. The molecule has 1 saturated heterocycles. The fourth-order valence-corrected chi connectivity index (χ4v) is 13.4. The van der Waals surface area contributed by atoms with Crippen molar-refractivity contribution in [1.82, 2.24) is 19.3 Å². The topological polar surface area (TPSA) is 288 Å².